The largest absolute Gasteiger partial charge is 0.493 e. The van der Waals surface area contributed by atoms with Crippen LogP contribution in [0.5, 0.6) is 5.75 Å². The average molecular weight is 567 g/mol. The summed E-state index contributed by atoms with van der Waals surface area (Å²) in [6.07, 6.45) is 0.889. The van der Waals surface area contributed by atoms with E-state index in [0.29, 0.717) is 13.0 Å². The highest BCUT2D eigenvalue weighted by Gasteiger charge is 2.25. The maximum absolute atomic E-state index is 12.9. The van der Waals surface area contributed by atoms with Crippen molar-refractivity contribution < 1.29 is 19.1 Å². The van der Waals surface area contributed by atoms with E-state index >= 15 is 0 Å². The second kappa shape index (κ2) is 14.1. The number of hydrogen-bond acceptors (Lipinski definition) is 6. The number of rotatable bonds is 10. The van der Waals surface area contributed by atoms with Gasteiger partial charge in [0, 0.05) is 25.6 Å². The molecule has 1 heterocycles. The van der Waals surface area contributed by atoms with Crippen LogP contribution in [0.25, 0.3) is 0 Å². The number of ether oxygens (including phenoxy) is 2. The van der Waals surface area contributed by atoms with Gasteiger partial charge in [-0.15, -0.1) is 12.4 Å². The van der Waals surface area contributed by atoms with E-state index in [1.165, 1.54) is 7.11 Å². The first-order valence-corrected chi connectivity index (χ1v) is 12.2. The molecule has 2 aromatic carbocycles. The molecule has 0 aliphatic carbocycles. The molecule has 198 valence electrons. The fourth-order valence-electron chi connectivity index (χ4n) is 3.92. The van der Waals surface area contributed by atoms with E-state index < -0.39 is 17.9 Å². The molecule has 1 aromatic heterocycles. The van der Waals surface area contributed by atoms with Gasteiger partial charge < -0.3 is 20.1 Å². The number of hydrogen-bond donors (Lipinski definition) is 2. The lowest BCUT2D eigenvalue weighted by Gasteiger charge is -2.19. The van der Waals surface area contributed by atoms with Crippen molar-refractivity contribution in [1.29, 1.82) is 0 Å². The quantitative estimate of drug-likeness (QED) is 0.310. The van der Waals surface area contributed by atoms with Gasteiger partial charge in [0.1, 0.15) is 17.6 Å². The van der Waals surface area contributed by atoms with Crippen LogP contribution in [0, 0.1) is 13.8 Å². The summed E-state index contributed by atoms with van der Waals surface area (Å²) in [6, 6.07) is 13.5. The second-order valence-electron chi connectivity index (χ2n) is 8.27. The Morgan fingerprint density at radius 3 is 2.24 bits per heavy atom. The second-order valence-corrected chi connectivity index (χ2v) is 9.09. The molecule has 0 unspecified atom stereocenters. The van der Waals surface area contributed by atoms with Gasteiger partial charge in [0.25, 0.3) is 5.91 Å². The number of pyridine rings is 1. The third-order valence-corrected chi connectivity index (χ3v) is 6.24. The third-order valence-electron chi connectivity index (χ3n) is 5.61. The molecule has 1 amide bonds. The third kappa shape index (κ3) is 7.99. The maximum atomic E-state index is 12.9. The minimum Gasteiger partial charge on any atom is -0.493 e. The Balaban J connectivity index is 0.00000481. The Hall–Kier alpha value is -3.00. The number of anilines is 1. The van der Waals surface area contributed by atoms with Crippen LogP contribution in [0.3, 0.4) is 0 Å². The molecule has 0 aliphatic heterocycles. The van der Waals surface area contributed by atoms with Crippen LogP contribution in [0.15, 0.2) is 48.5 Å². The van der Waals surface area contributed by atoms with Crippen molar-refractivity contribution >= 4 is 53.3 Å². The number of carbonyl (C=O) groups excluding carboxylic acids is 2. The summed E-state index contributed by atoms with van der Waals surface area (Å²) in [5.74, 6) is 0.474. The summed E-state index contributed by atoms with van der Waals surface area (Å²) in [5, 5.41) is 6.13. The Morgan fingerprint density at radius 2 is 1.65 bits per heavy atom. The molecule has 37 heavy (non-hydrogen) atoms. The zero-order valence-corrected chi connectivity index (χ0v) is 23.4. The SMILES string of the molecule is CNc1cccc(CCOc2c(C)cc(C[C@H](NC(=O)c3c(Cl)cccc3Cl)C(=O)OC)cc2C)n1.Cl. The van der Waals surface area contributed by atoms with Crippen molar-refractivity contribution in [3.05, 3.63) is 86.5 Å². The molecular formula is C27H30Cl3N3O4. The smallest absolute Gasteiger partial charge is 0.328 e. The minimum atomic E-state index is -0.925. The molecule has 3 aromatic rings. The van der Waals surface area contributed by atoms with Crippen LogP contribution in [-0.2, 0) is 22.4 Å². The maximum Gasteiger partial charge on any atom is 0.328 e. The number of nitrogens with one attached hydrogen (secondary N) is 2. The molecule has 7 nitrogen and oxygen atoms in total. The lowest BCUT2D eigenvalue weighted by atomic mass is 9.99. The Kier molecular flexibility index (Phi) is 11.5. The van der Waals surface area contributed by atoms with Crippen molar-refractivity contribution in [3.63, 3.8) is 0 Å². The first kappa shape index (κ1) is 30.2. The van der Waals surface area contributed by atoms with Gasteiger partial charge in [0.2, 0.25) is 0 Å². The molecule has 0 saturated heterocycles. The monoisotopic (exact) mass is 565 g/mol. The molecule has 10 heteroatoms. The summed E-state index contributed by atoms with van der Waals surface area (Å²) in [7, 11) is 3.11. The fourth-order valence-corrected chi connectivity index (χ4v) is 4.49. The van der Waals surface area contributed by atoms with Crippen LogP contribution in [0.2, 0.25) is 10.0 Å². The molecule has 0 saturated carbocycles. The van der Waals surface area contributed by atoms with Crippen molar-refractivity contribution in [1.82, 2.24) is 10.3 Å². The molecule has 0 spiro atoms. The number of aromatic nitrogens is 1. The summed E-state index contributed by atoms with van der Waals surface area (Å²) in [4.78, 5) is 29.8. The number of amides is 1. The average Bonchev–Trinajstić information content (AvgIpc) is 2.84. The highest BCUT2D eigenvalue weighted by atomic mass is 35.5. The van der Waals surface area contributed by atoms with Crippen LogP contribution in [-0.4, -0.2) is 43.7 Å². The van der Waals surface area contributed by atoms with E-state index in [1.54, 1.807) is 18.2 Å². The predicted molar refractivity (Wildman–Crippen MR) is 150 cm³/mol. The molecular weight excluding hydrogens is 537 g/mol. The van der Waals surface area contributed by atoms with Gasteiger partial charge in [-0.2, -0.15) is 0 Å². The summed E-state index contributed by atoms with van der Waals surface area (Å²) in [5.41, 5.74) is 3.74. The Labute approximate surface area is 233 Å². The van der Waals surface area contributed by atoms with Crippen LogP contribution in [0.4, 0.5) is 5.82 Å². The molecule has 0 fully saturated rings. The number of aryl methyl sites for hydroxylation is 2. The molecule has 0 bridgehead atoms. The lowest BCUT2D eigenvalue weighted by Crippen LogP contribution is -2.43. The van der Waals surface area contributed by atoms with E-state index in [2.05, 4.69) is 15.6 Å². The van der Waals surface area contributed by atoms with Gasteiger partial charge >= 0.3 is 5.97 Å². The number of esters is 1. The van der Waals surface area contributed by atoms with E-state index in [9.17, 15) is 9.59 Å². The van der Waals surface area contributed by atoms with Gasteiger partial charge in [0.05, 0.1) is 29.3 Å². The number of halogens is 3. The van der Waals surface area contributed by atoms with Crippen molar-refractivity contribution in [2.45, 2.75) is 32.7 Å². The van der Waals surface area contributed by atoms with Crippen LogP contribution >= 0.6 is 35.6 Å². The zero-order valence-electron chi connectivity index (χ0n) is 21.1. The normalized spacial score (nSPS) is 11.2. The molecule has 0 aliphatic rings. The van der Waals surface area contributed by atoms with Crippen LogP contribution < -0.4 is 15.4 Å². The summed E-state index contributed by atoms with van der Waals surface area (Å²) < 4.78 is 11.0. The van der Waals surface area contributed by atoms with Gasteiger partial charge in [0.15, 0.2) is 0 Å². The van der Waals surface area contributed by atoms with Gasteiger partial charge in [-0.05, 0) is 54.8 Å². The first-order valence-electron chi connectivity index (χ1n) is 11.4. The topological polar surface area (TPSA) is 89.6 Å². The van der Waals surface area contributed by atoms with Crippen molar-refractivity contribution in [2.75, 3.05) is 26.1 Å². The predicted octanol–water partition coefficient (Wildman–Crippen LogP) is 5.60. The molecule has 1 atom stereocenters. The zero-order chi connectivity index (χ0) is 26.2. The number of carbonyl (C=O) groups is 2. The van der Waals surface area contributed by atoms with E-state index in [1.807, 2.05) is 51.2 Å². The van der Waals surface area contributed by atoms with E-state index in [0.717, 1.165) is 34.0 Å². The van der Waals surface area contributed by atoms with Crippen molar-refractivity contribution in [3.8, 4) is 5.75 Å². The van der Waals surface area contributed by atoms with Gasteiger partial charge in [-0.1, -0.05) is 47.5 Å². The standard InChI is InChI=1S/C27H29Cl2N3O4.ClH/c1-16-13-18(14-17(2)25(16)36-12-11-19-7-5-10-23(30-3)31-19)15-22(27(34)35-4)32-26(33)24-20(28)8-6-9-21(24)29;/h5-10,13-14,22H,11-12,15H2,1-4H3,(H,30,31)(H,32,33);1H/t22-;/m0./s1. The number of nitrogens with zero attached hydrogens (tertiary/aromatic N) is 1. The highest BCUT2D eigenvalue weighted by molar-refractivity contribution is 6.39. The van der Waals surface area contributed by atoms with E-state index in [-0.39, 0.29) is 34.4 Å². The molecule has 3 rings (SSSR count). The highest BCUT2D eigenvalue weighted by Crippen LogP contribution is 2.27. The molecule has 2 N–H and O–H groups in total. The first-order chi connectivity index (χ1) is 17.2. The number of benzene rings is 2. The Morgan fingerprint density at radius 1 is 1.03 bits per heavy atom. The number of methoxy groups -OCH3 is 1. The van der Waals surface area contributed by atoms with E-state index in [4.69, 9.17) is 32.7 Å². The molecule has 0 radical (unpaired) electrons. The van der Waals surface area contributed by atoms with Crippen LogP contribution in [0.1, 0.15) is 32.7 Å². The minimum absolute atomic E-state index is 0. The summed E-state index contributed by atoms with van der Waals surface area (Å²) >= 11 is 12.3. The van der Waals surface area contributed by atoms with Gasteiger partial charge in [-0.3, -0.25) is 4.79 Å². The summed E-state index contributed by atoms with van der Waals surface area (Å²) in [6.45, 7) is 4.36. The fraction of sp³-hybridized carbons (Fsp3) is 0.296. The van der Waals surface area contributed by atoms with Gasteiger partial charge in [-0.25, -0.2) is 9.78 Å². The Bertz CT molecular complexity index is 1210. The van der Waals surface area contributed by atoms with Crippen molar-refractivity contribution in [2.24, 2.45) is 0 Å². The lowest BCUT2D eigenvalue weighted by molar-refractivity contribution is -0.142.